The van der Waals surface area contributed by atoms with E-state index in [4.69, 9.17) is 9.88 Å². The van der Waals surface area contributed by atoms with Crippen LogP contribution in [0.2, 0.25) is 0 Å². The molecule has 6 heteroatoms. The van der Waals surface area contributed by atoms with Crippen molar-refractivity contribution < 1.29 is 13.2 Å². The van der Waals surface area contributed by atoms with Crippen LogP contribution in [0.1, 0.15) is 38.3 Å². The van der Waals surface area contributed by atoms with Gasteiger partial charge in [0.2, 0.25) is 0 Å². The molecule has 0 amide bonds. The fraction of sp³-hybridized carbons (Fsp3) is 0.545. The Hall–Kier alpha value is -1.14. The molecule has 0 atom stereocenters. The molecule has 2 N–H and O–H groups in total. The molecular formula is C11H16N2O3S. The fourth-order valence-electron chi connectivity index (χ4n) is 1.39. The van der Waals surface area contributed by atoms with Gasteiger partial charge in [0.05, 0.1) is 6.10 Å². The maximum absolute atomic E-state index is 11.3. The normalized spacial score (nSPS) is 16.2. The van der Waals surface area contributed by atoms with Crippen molar-refractivity contribution in [2.75, 3.05) is 0 Å². The molecule has 5 nitrogen and oxygen atoms in total. The average Bonchev–Trinajstić information content (AvgIpc) is 2.99. The van der Waals surface area contributed by atoms with Crippen LogP contribution in [0.25, 0.3) is 0 Å². The van der Waals surface area contributed by atoms with Gasteiger partial charge in [-0.3, -0.25) is 0 Å². The Morgan fingerprint density at radius 3 is 2.53 bits per heavy atom. The Labute approximate surface area is 101 Å². The largest absolute Gasteiger partial charge is 0.490 e. The summed E-state index contributed by atoms with van der Waals surface area (Å²) in [6, 6.07) is 3.16. The first kappa shape index (κ1) is 12.3. The molecular weight excluding hydrogens is 240 g/mol. The van der Waals surface area contributed by atoms with Crippen LogP contribution in [0.3, 0.4) is 0 Å². The van der Waals surface area contributed by atoms with E-state index in [1.165, 1.54) is 6.07 Å². The van der Waals surface area contributed by atoms with Gasteiger partial charge in [0.25, 0.3) is 10.0 Å². The summed E-state index contributed by atoms with van der Waals surface area (Å²) in [4.78, 5) is 4.04. The number of nitrogens with zero attached hydrogens (tertiary/aromatic N) is 1. The number of primary sulfonamides is 1. The van der Waals surface area contributed by atoms with Gasteiger partial charge < -0.3 is 4.74 Å². The monoisotopic (exact) mass is 256 g/mol. The molecule has 0 aliphatic heterocycles. The van der Waals surface area contributed by atoms with E-state index >= 15 is 0 Å². The molecule has 0 aromatic carbocycles. The molecule has 94 valence electrons. The molecule has 17 heavy (non-hydrogen) atoms. The van der Waals surface area contributed by atoms with E-state index in [1.807, 2.05) is 13.8 Å². The van der Waals surface area contributed by atoms with Crippen LogP contribution < -0.4 is 9.88 Å². The predicted molar refractivity (Wildman–Crippen MR) is 63.3 cm³/mol. The van der Waals surface area contributed by atoms with Gasteiger partial charge in [0.15, 0.2) is 5.03 Å². The average molecular weight is 256 g/mol. The first-order chi connectivity index (χ1) is 7.86. The van der Waals surface area contributed by atoms with Gasteiger partial charge in [-0.2, -0.15) is 0 Å². The first-order valence-electron chi connectivity index (χ1n) is 5.57. The molecule has 1 saturated carbocycles. The minimum absolute atomic E-state index is 0.123. The minimum atomic E-state index is -3.79. The summed E-state index contributed by atoms with van der Waals surface area (Å²) in [5, 5.41) is 4.97. The molecule has 0 radical (unpaired) electrons. The van der Waals surface area contributed by atoms with Crippen LogP contribution in [0.5, 0.6) is 5.75 Å². The Morgan fingerprint density at radius 2 is 2.06 bits per heavy atom. The smallest absolute Gasteiger partial charge is 0.255 e. The number of nitrogens with two attached hydrogens (primary N) is 1. The van der Waals surface area contributed by atoms with Crippen LogP contribution >= 0.6 is 0 Å². The molecule has 0 bridgehead atoms. The Morgan fingerprint density at radius 1 is 1.41 bits per heavy atom. The molecule has 0 unspecified atom stereocenters. The van der Waals surface area contributed by atoms with E-state index in [0.717, 1.165) is 12.8 Å². The number of aromatic nitrogens is 1. The third kappa shape index (κ3) is 3.17. The van der Waals surface area contributed by atoms with Crippen molar-refractivity contribution in [2.24, 2.45) is 5.14 Å². The van der Waals surface area contributed by atoms with Crippen molar-refractivity contribution in [3.05, 3.63) is 17.8 Å². The summed E-state index contributed by atoms with van der Waals surface area (Å²) in [6.45, 7) is 3.88. The first-order valence-corrected chi connectivity index (χ1v) is 7.12. The van der Waals surface area contributed by atoms with Gasteiger partial charge in [-0.25, -0.2) is 18.5 Å². The molecule has 1 aliphatic carbocycles. The lowest BCUT2D eigenvalue weighted by atomic mass is 10.1. The van der Waals surface area contributed by atoms with Gasteiger partial charge in [-0.15, -0.1) is 0 Å². The standard InChI is InChI=1S/C11H16N2O3S/c1-7(2)10-5-9(16-8-3-4-8)6-11(13-10)17(12,14)15/h5-8H,3-4H2,1-2H3,(H2,12,14,15). The van der Waals surface area contributed by atoms with Crippen molar-refractivity contribution in [3.8, 4) is 5.75 Å². The Balaban J connectivity index is 2.41. The number of pyridine rings is 1. The summed E-state index contributed by atoms with van der Waals surface area (Å²) in [5.74, 6) is 0.661. The van der Waals surface area contributed by atoms with Crippen molar-refractivity contribution >= 4 is 10.0 Å². The molecule has 1 heterocycles. The highest BCUT2D eigenvalue weighted by molar-refractivity contribution is 7.89. The van der Waals surface area contributed by atoms with Crippen molar-refractivity contribution in [3.63, 3.8) is 0 Å². The van der Waals surface area contributed by atoms with E-state index in [1.54, 1.807) is 6.07 Å². The molecule has 1 aromatic heterocycles. The quantitative estimate of drug-likeness (QED) is 0.882. The Kier molecular flexibility index (Phi) is 3.09. The Bertz CT molecular complexity index is 522. The van der Waals surface area contributed by atoms with Gasteiger partial charge in [0, 0.05) is 17.8 Å². The van der Waals surface area contributed by atoms with Crippen LogP contribution in [-0.4, -0.2) is 19.5 Å². The second-order valence-electron chi connectivity index (χ2n) is 4.58. The maximum Gasteiger partial charge on any atom is 0.255 e. The third-order valence-corrected chi connectivity index (χ3v) is 3.30. The van der Waals surface area contributed by atoms with Crippen molar-refractivity contribution in [1.82, 2.24) is 4.98 Å². The summed E-state index contributed by atoms with van der Waals surface area (Å²) < 4.78 is 28.2. The SMILES string of the molecule is CC(C)c1cc(OC2CC2)cc(S(N)(=O)=O)n1. The van der Waals surface area contributed by atoms with Crippen molar-refractivity contribution in [1.29, 1.82) is 0 Å². The van der Waals surface area contributed by atoms with E-state index in [0.29, 0.717) is 11.4 Å². The maximum atomic E-state index is 11.3. The lowest BCUT2D eigenvalue weighted by molar-refractivity contribution is 0.301. The highest BCUT2D eigenvalue weighted by Gasteiger charge is 2.25. The second-order valence-corrected chi connectivity index (χ2v) is 6.09. The van der Waals surface area contributed by atoms with Crippen LogP contribution in [0.15, 0.2) is 17.2 Å². The minimum Gasteiger partial charge on any atom is -0.490 e. The highest BCUT2D eigenvalue weighted by atomic mass is 32.2. The molecule has 2 rings (SSSR count). The molecule has 0 saturated heterocycles. The number of hydrogen-bond donors (Lipinski definition) is 1. The number of rotatable bonds is 4. The summed E-state index contributed by atoms with van der Waals surface area (Å²) in [6.07, 6.45) is 2.25. The van der Waals surface area contributed by atoms with E-state index in [2.05, 4.69) is 4.98 Å². The van der Waals surface area contributed by atoms with Crippen molar-refractivity contribution in [2.45, 2.75) is 43.7 Å². The predicted octanol–water partition coefficient (Wildman–Crippen LogP) is 1.39. The number of ether oxygens (including phenoxy) is 1. The second kappa shape index (κ2) is 4.27. The van der Waals surface area contributed by atoms with Crippen LogP contribution in [-0.2, 0) is 10.0 Å². The highest BCUT2D eigenvalue weighted by Crippen LogP contribution is 2.29. The lowest BCUT2D eigenvalue weighted by Crippen LogP contribution is -2.15. The molecule has 0 spiro atoms. The van der Waals surface area contributed by atoms with Gasteiger partial charge in [0.1, 0.15) is 5.75 Å². The van der Waals surface area contributed by atoms with E-state index in [9.17, 15) is 8.42 Å². The van der Waals surface area contributed by atoms with E-state index < -0.39 is 10.0 Å². The third-order valence-electron chi connectivity index (χ3n) is 2.51. The van der Waals surface area contributed by atoms with E-state index in [-0.39, 0.29) is 17.0 Å². The van der Waals surface area contributed by atoms with Gasteiger partial charge in [-0.05, 0) is 18.8 Å². The number of sulfonamides is 1. The zero-order valence-corrected chi connectivity index (χ0v) is 10.7. The van der Waals surface area contributed by atoms with Crippen LogP contribution in [0.4, 0.5) is 0 Å². The molecule has 1 aliphatic rings. The fourth-order valence-corrected chi connectivity index (χ4v) is 1.90. The lowest BCUT2D eigenvalue weighted by Gasteiger charge is -2.10. The topological polar surface area (TPSA) is 82.3 Å². The van der Waals surface area contributed by atoms with Gasteiger partial charge >= 0.3 is 0 Å². The summed E-state index contributed by atoms with van der Waals surface area (Å²) >= 11 is 0. The molecule has 1 fully saturated rings. The molecule has 1 aromatic rings. The summed E-state index contributed by atoms with van der Waals surface area (Å²) in [5.41, 5.74) is 0.673. The van der Waals surface area contributed by atoms with Crippen LogP contribution in [0, 0.1) is 0 Å². The zero-order valence-electron chi connectivity index (χ0n) is 9.88. The number of hydrogen-bond acceptors (Lipinski definition) is 4. The van der Waals surface area contributed by atoms with Gasteiger partial charge in [-0.1, -0.05) is 13.8 Å². The zero-order chi connectivity index (χ0) is 12.6. The summed E-state index contributed by atoms with van der Waals surface area (Å²) in [7, 11) is -3.79.